The molecule has 0 fully saturated rings. The van der Waals surface area contributed by atoms with E-state index < -0.39 is 12.3 Å². The fraction of sp³-hybridized carbons (Fsp3) is 0.143. The Morgan fingerprint density at radius 2 is 2.07 bits per heavy atom. The highest BCUT2D eigenvalue weighted by Gasteiger charge is 2.21. The van der Waals surface area contributed by atoms with E-state index in [-0.39, 0.29) is 23.4 Å². The van der Waals surface area contributed by atoms with Gasteiger partial charge in [-0.15, -0.1) is 0 Å². The average molecular weight is 410 g/mol. The number of amides is 1. The molecule has 0 radical (unpaired) electrons. The van der Waals surface area contributed by atoms with Crippen LogP contribution in [0.25, 0.3) is 16.9 Å². The predicted molar refractivity (Wildman–Crippen MR) is 104 cm³/mol. The maximum absolute atomic E-state index is 13.7. The lowest BCUT2D eigenvalue weighted by molar-refractivity contribution is -0.378. The maximum Gasteiger partial charge on any atom is 0.280 e. The number of aromatic nitrogens is 4. The number of alkyl halides is 2. The van der Waals surface area contributed by atoms with E-state index in [0.29, 0.717) is 17.0 Å². The molecule has 0 aliphatic rings. The predicted octanol–water partition coefficient (Wildman–Crippen LogP) is 3.09. The van der Waals surface area contributed by atoms with Gasteiger partial charge in [0, 0.05) is 23.7 Å². The van der Waals surface area contributed by atoms with Crippen molar-refractivity contribution in [2.75, 3.05) is 7.11 Å². The molecule has 0 unspecified atom stereocenters. The van der Waals surface area contributed by atoms with Crippen molar-refractivity contribution in [2.24, 2.45) is 0 Å². The number of carbonyl (C=O) groups is 1. The first-order chi connectivity index (χ1) is 14.6. The molecule has 2 N–H and O–H groups in total. The molecule has 3 heterocycles. The van der Waals surface area contributed by atoms with E-state index >= 15 is 0 Å². The van der Waals surface area contributed by atoms with E-state index in [1.54, 1.807) is 43.8 Å². The van der Waals surface area contributed by atoms with E-state index in [2.05, 4.69) is 20.4 Å². The molecule has 4 rings (SSSR count). The quantitative estimate of drug-likeness (QED) is 0.530. The van der Waals surface area contributed by atoms with Crippen LogP contribution in [0.2, 0.25) is 0 Å². The molecular weight excluding hydrogens is 392 g/mol. The molecule has 1 amide bonds. The molecule has 0 spiro atoms. The Hall–Kier alpha value is -3.88. The van der Waals surface area contributed by atoms with Crippen molar-refractivity contribution in [3.8, 4) is 17.0 Å². The lowest BCUT2D eigenvalue weighted by Gasteiger charge is -2.09. The zero-order valence-electron chi connectivity index (χ0n) is 16.0. The van der Waals surface area contributed by atoms with Gasteiger partial charge in [-0.1, -0.05) is 0 Å². The van der Waals surface area contributed by atoms with Crippen molar-refractivity contribution >= 4 is 11.6 Å². The Kier molecular flexibility index (Phi) is 5.34. The second-order valence-electron chi connectivity index (χ2n) is 6.48. The number of methoxy groups -OCH3 is 1. The Morgan fingerprint density at radius 1 is 1.27 bits per heavy atom. The number of hydrogen-bond acceptors (Lipinski definition) is 4. The van der Waals surface area contributed by atoms with Crippen LogP contribution in [0.3, 0.4) is 0 Å². The van der Waals surface area contributed by atoms with Gasteiger partial charge in [0.15, 0.2) is 18.0 Å². The molecule has 9 heteroatoms. The summed E-state index contributed by atoms with van der Waals surface area (Å²) in [7, 11) is 1.54. The number of ether oxygens (including phenoxy) is 1. The summed E-state index contributed by atoms with van der Waals surface area (Å²) < 4.78 is 33.5. The summed E-state index contributed by atoms with van der Waals surface area (Å²) >= 11 is 0. The second kappa shape index (κ2) is 8.24. The minimum Gasteiger partial charge on any atom is -0.497 e. The maximum atomic E-state index is 13.7. The van der Waals surface area contributed by atoms with E-state index in [4.69, 9.17) is 4.74 Å². The van der Waals surface area contributed by atoms with Crippen molar-refractivity contribution in [1.29, 1.82) is 0 Å². The first kappa shape index (κ1) is 19.4. The molecule has 7 nitrogen and oxygen atoms in total. The van der Waals surface area contributed by atoms with Gasteiger partial charge in [-0.3, -0.25) is 4.79 Å². The van der Waals surface area contributed by atoms with Gasteiger partial charge in [-0.05, 0) is 36.4 Å². The normalized spacial score (nSPS) is 11.1. The van der Waals surface area contributed by atoms with Crippen LogP contribution in [0.5, 0.6) is 5.75 Å². The number of hydrogen-bond donors (Lipinski definition) is 1. The average Bonchev–Trinajstić information content (AvgIpc) is 3.21. The van der Waals surface area contributed by atoms with E-state index in [0.717, 1.165) is 10.1 Å². The van der Waals surface area contributed by atoms with Gasteiger partial charge in [0.1, 0.15) is 17.0 Å². The topological polar surface area (TPSA) is 82.7 Å². The van der Waals surface area contributed by atoms with E-state index in [1.807, 2.05) is 12.1 Å². The highest BCUT2D eigenvalue weighted by molar-refractivity contribution is 5.99. The van der Waals surface area contributed by atoms with Gasteiger partial charge >= 0.3 is 0 Å². The summed E-state index contributed by atoms with van der Waals surface area (Å²) in [6.45, 7) is 0.271. The third-order valence-corrected chi connectivity index (χ3v) is 4.58. The first-order valence-electron chi connectivity index (χ1n) is 9.11. The number of benzene rings is 1. The van der Waals surface area contributed by atoms with Crippen LogP contribution in [0.4, 0.5) is 8.78 Å². The third kappa shape index (κ3) is 3.82. The Balaban J connectivity index is 1.72. The smallest absolute Gasteiger partial charge is 0.280 e. The van der Waals surface area contributed by atoms with Gasteiger partial charge in [0.2, 0.25) is 0 Å². The molecular formula is C21H18F2N5O2+. The van der Waals surface area contributed by atoms with Crippen LogP contribution in [0.15, 0.2) is 61.1 Å². The standard InChI is InChI=1S/C21H17F2N5O2/c1-30-15-6-4-14(5-7-15)17-9-18(19(22)23)28-20(27-17)16(12-26-28)21(29)25-11-13-3-2-8-24-10-13/h2-10,12,19H,11H2,1H3,(H,25,29)/p+1. The van der Waals surface area contributed by atoms with Gasteiger partial charge in [-0.2, -0.15) is 5.10 Å². The fourth-order valence-corrected chi connectivity index (χ4v) is 3.03. The molecule has 152 valence electrons. The van der Waals surface area contributed by atoms with Crippen LogP contribution >= 0.6 is 0 Å². The third-order valence-electron chi connectivity index (χ3n) is 4.58. The number of fused-ring (bicyclic) bond motifs is 1. The monoisotopic (exact) mass is 410 g/mol. The summed E-state index contributed by atoms with van der Waals surface area (Å²) in [6, 6.07) is 11.8. The number of pyridine rings is 1. The lowest BCUT2D eigenvalue weighted by Crippen LogP contribution is -2.23. The minimum atomic E-state index is -2.79. The highest BCUT2D eigenvalue weighted by Crippen LogP contribution is 2.27. The number of nitrogens with one attached hydrogen (secondary N) is 2. The summed E-state index contributed by atoms with van der Waals surface area (Å²) in [6.07, 6.45) is 1.97. The number of H-pyrrole nitrogens is 1. The van der Waals surface area contributed by atoms with Crippen molar-refractivity contribution in [3.05, 3.63) is 77.9 Å². The van der Waals surface area contributed by atoms with Gasteiger partial charge in [0.25, 0.3) is 12.3 Å². The highest BCUT2D eigenvalue weighted by atomic mass is 19.3. The number of nitrogens with zero attached hydrogens (tertiary/aromatic N) is 3. The molecule has 0 bridgehead atoms. The first-order valence-corrected chi connectivity index (χ1v) is 9.11. The molecule has 3 aromatic heterocycles. The van der Waals surface area contributed by atoms with Crippen LogP contribution in [0.1, 0.15) is 28.0 Å². The molecule has 0 saturated carbocycles. The molecule has 0 atom stereocenters. The van der Waals surface area contributed by atoms with Crippen molar-refractivity contribution in [3.63, 3.8) is 0 Å². The molecule has 4 aromatic rings. The van der Waals surface area contributed by atoms with Crippen LogP contribution in [-0.4, -0.2) is 27.6 Å². The van der Waals surface area contributed by atoms with Crippen LogP contribution < -0.4 is 15.0 Å². The summed E-state index contributed by atoms with van der Waals surface area (Å²) in [5, 5.41) is 6.73. The number of carbonyl (C=O) groups excluding carboxylic acids is 1. The van der Waals surface area contributed by atoms with Gasteiger partial charge in [-0.25, -0.2) is 23.3 Å². The summed E-state index contributed by atoms with van der Waals surface area (Å²) in [4.78, 5) is 20.1. The zero-order valence-corrected chi connectivity index (χ0v) is 16.0. The molecule has 30 heavy (non-hydrogen) atoms. The molecule has 0 aliphatic carbocycles. The molecule has 0 saturated heterocycles. The zero-order chi connectivity index (χ0) is 21.1. The molecule has 1 aromatic carbocycles. The lowest BCUT2D eigenvalue weighted by atomic mass is 10.1. The van der Waals surface area contributed by atoms with Gasteiger partial charge < -0.3 is 10.1 Å². The summed E-state index contributed by atoms with van der Waals surface area (Å²) in [5.74, 6) is 0.185. The van der Waals surface area contributed by atoms with Gasteiger partial charge in [0.05, 0.1) is 19.0 Å². The number of aromatic amines is 1. The number of rotatable bonds is 6. The minimum absolute atomic E-state index is 0.0655. The fourth-order valence-electron chi connectivity index (χ4n) is 3.03. The summed E-state index contributed by atoms with van der Waals surface area (Å²) in [5.41, 5.74) is 1.63. The van der Waals surface area contributed by atoms with Crippen LogP contribution in [0, 0.1) is 0 Å². The largest absolute Gasteiger partial charge is 0.497 e. The van der Waals surface area contributed by atoms with E-state index in [1.165, 1.54) is 12.3 Å². The SMILES string of the molecule is COc1ccc(-c2cc(C(F)F)n3ncc(C(=O)NCc4ccc[nH+]c4)c3n2)cc1. The molecule has 0 aliphatic heterocycles. The second-order valence-corrected chi connectivity index (χ2v) is 6.48. The van der Waals surface area contributed by atoms with Crippen molar-refractivity contribution in [2.45, 2.75) is 13.0 Å². The van der Waals surface area contributed by atoms with Crippen molar-refractivity contribution in [1.82, 2.24) is 19.9 Å². The van der Waals surface area contributed by atoms with E-state index in [9.17, 15) is 13.6 Å². The Bertz CT molecular complexity index is 1180. The van der Waals surface area contributed by atoms with Crippen LogP contribution in [-0.2, 0) is 6.54 Å². The van der Waals surface area contributed by atoms with Crippen molar-refractivity contribution < 1.29 is 23.3 Å². The Labute approximate surface area is 170 Å². The number of halogens is 2. The Morgan fingerprint density at radius 3 is 2.73 bits per heavy atom.